The van der Waals surface area contributed by atoms with E-state index < -0.39 is 95.8 Å². The number of aliphatic hydroxyl groups is 2. The van der Waals surface area contributed by atoms with Crippen molar-refractivity contribution in [1.82, 2.24) is 15.7 Å². The van der Waals surface area contributed by atoms with E-state index in [1.54, 1.807) is 20.8 Å². The molecular weight excluding hydrogens is 825 g/mol. The summed E-state index contributed by atoms with van der Waals surface area (Å²) in [5.41, 5.74) is -1.42. The summed E-state index contributed by atoms with van der Waals surface area (Å²) < 4.78 is 26.2. The van der Waals surface area contributed by atoms with E-state index in [1.807, 2.05) is 24.3 Å². The fraction of sp³-hybridized carbons (Fsp3) is 0.750. The molecule has 3 saturated heterocycles. The number of aliphatic hydroxyl groups excluding tert-OH is 2. The molecule has 0 radical (unpaired) electrons. The third-order valence-electron chi connectivity index (χ3n) is 11.0. The smallest absolute Gasteiger partial charge is 0.327 e. The van der Waals surface area contributed by atoms with E-state index in [0.717, 1.165) is 47.7 Å². The highest BCUT2D eigenvalue weighted by Gasteiger charge is 2.76. The summed E-state index contributed by atoms with van der Waals surface area (Å²) in [6, 6.07) is 4.22. The number of benzene rings is 1. The lowest BCUT2D eigenvalue weighted by atomic mass is 9.62. The fourth-order valence-corrected chi connectivity index (χ4v) is 8.69. The normalized spacial score (nSPS) is 28.5. The lowest BCUT2D eigenvalue weighted by molar-refractivity contribution is -0.224. The zero-order chi connectivity index (χ0) is 40.1. The average molecular weight is 886 g/mol. The molecule has 4 N–H and O–H groups in total. The van der Waals surface area contributed by atoms with Gasteiger partial charge in [0.15, 0.2) is 11.8 Å². The van der Waals surface area contributed by atoms with Crippen molar-refractivity contribution in [2.24, 2.45) is 5.41 Å². The third kappa shape index (κ3) is 10.0. The Morgan fingerprint density at radius 2 is 1.65 bits per heavy atom. The van der Waals surface area contributed by atoms with Gasteiger partial charge in [-0.25, -0.2) is 0 Å². The van der Waals surface area contributed by atoms with Crippen molar-refractivity contribution in [1.29, 1.82) is 0 Å². The summed E-state index contributed by atoms with van der Waals surface area (Å²) in [5, 5.41) is 27.9. The van der Waals surface area contributed by atoms with Crippen molar-refractivity contribution < 1.29 is 53.2 Å². The van der Waals surface area contributed by atoms with Gasteiger partial charge in [-0.15, -0.1) is 0 Å². The van der Waals surface area contributed by atoms with E-state index in [9.17, 15) is 29.4 Å². The third-order valence-corrected chi connectivity index (χ3v) is 11.7. The molecule has 1 aromatic rings. The summed E-state index contributed by atoms with van der Waals surface area (Å²) in [6.45, 7) is 10.5. The molecule has 4 fully saturated rings. The van der Waals surface area contributed by atoms with E-state index in [-0.39, 0.29) is 25.8 Å². The van der Waals surface area contributed by atoms with E-state index in [0.29, 0.717) is 12.8 Å². The Hall–Kier alpha value is -2.41. The maximum absolute atomic E-state index is 14.9. The van der Waals surface area contributed by atoms with E-state index in [2.05, 4.69) is 47.1 Å². The molecule has 308 valence electrons. The number of ether oxygens (including phenoxy) is 4. The fourth-order valence-electron chi connectivity index (χ4n) is 8.33. The first-order valence-corrected chi connectivity index (χ1v) is 21.0. The lowest BCUT2D eigenvalue weighted by Gasteiger charge is -2.49. The molecule has 9 atom stereocenters. The standard InChI is InChI=1S/C40H60IN3O11/c1-7-9-11-19-39(20-12-10-8-2)53-31-28-21-40(33(36(49)51-28)44(55-34(40)32(31)54-39)22-25-13-15-26(41)16-14-25)37(50)43-30(24(3)46)35(48)42-27(23-45)17-18-29(47)52-38(4,5)6/h13-16,24,27-28,30-34,45-46H,7-12,17-23H2,1-6H3,(H,42,48)(H,43,50). The zero-order valence-corrected chi connectivity index (χ0v) is 35.2. The Morgan fingerprint density at radius 3 is 2.24 bits per heavy atom. The van der Waals surface area contributed by atoms with Crippen LogP contribution in [0.2, 0.25) is 0 Å². The topological polar surface area (TPSA) is 182 Å². The van der Waals surface area contributed by atoms with E-state index >= 15 is 0 Å². The number of carbonyl (C=O) groups is 4. The number of nitrogens with zero attached hydrogens (tertiary/aromatic N) is 1. The first-order valence-electron chi connectivity index (χ1n) is 19.9. The molecule has 1 aliphatic carbocycles. The summed E-state index contributed by atoms with van der Waals surface area (Å²) in [5.74, 6) is -3.50. The van der Waals surface area contributed by atoms with Crippen molar-refractivity contribution in [3.05, 3.63) is 33.4 Å². The summed E-state index contributed by atoms with van der Waals surface area (Å²) in [4.78, 5) is 61.8. The predicted molar refractivity (Wildman–Crippen MR) is 209 cm³/mol. The van der Waals surface area contributed by atoms with Gasteiger partial charge in [-0.2, -0.15) is 5.06 Å². The molecular formula is C40H60IN3O11. The maximum atomic E-state index is 14.9. The first-order chi connectivity index (χ1) is 26.1. The minimum absolute atomic E-state index is 0.0525. The van der Waals surface area contributed by atoms with Gasteiger partial charge in [-0.3, -0.25) is 24.0 Å². The van der Waals surface area contributed by atoms with Crippen molar-refractivity contribution >= 4 is 46.3 Å². The van der Waals surface area contributed by atoms with Crippen LogP contribution in [0.25, 0.3) is 0 Å². The number of unbranched alkanes of at least 4 members (excludes halogenated alkanes) is 4. The van der Waals surface area contributed by atoms with Crippen LogP contribution < -0.4 is 10.6 Å². The van der Waals surface area contributed by atoms with Crippen molar-refractivity contribution in [3.8, 4) is 0 Å². The second-order valence-electron chi connectivity index (χ2n) is 16.5. The first kappa shape index (κ1) is 43.7. The SMILES string of the molecule is CCCCCC1(CCCCC)OC2C3CC4(C(=O)NC(C(=O)NC(CO)CCC(=O)OC(C)(C)C)C(C)O)C(ON(Cc5ccc(I)cc5)C4C(=O)O3)C2O1. The number of halogens is 1. The number of rotatable bonds is 19. The van der Waals surface area contributed by atoms with Crippen molar-refractivity contribution in [3.63, 3.8) is 0 Å². The molecule has 2 amide bonds. The highest BCUT2D eigenvalue weighted by molar-refractivity contribution is 14.1. The van der Waals surface area contributed by atoms with Gasteiger partial charge in [-0.1, -0.05) is 51.7 Å². The maximum Gasteiger partial charge on any atom is 0.327 e. The van der Waals surface area contributed by atoms with Gasteiger partial charge in [0, 0.05) is 29.3 Å². The number of fused-ring (bicyclic) bond motifs is 4. The van der Waals surface area contributed by atoms with Gasteiger partial charge < -0.3 is 39.8 Å². The number of nitrogens with one attached hydrogen (secondary N) is 2. The van der Waals surface area contributed by atoms with Gasteiger partial charge in [-0.05, 0) is 87.2 Å². The van der Waals surface area contributed by atoms with Crippen LogP contribution in [0, 0.1) is 8.99 Å². The molecule has 4 aliphatic rings. The van der Waals surface area contributed by atoms with E-state index in [4.69, 9.17) is 23.8 Å². The Bertz CT molecular complexity index is 1490. The van der Waals surface area contributed by atoms with Gasteiger partial charge in [0.25, 0.3) is 0 Å². The summed E-state index contributed by atoms with van der Waals surface area (Å²) in [6.07, 6.45) is 2.51. The van der Waals surface area contributed by atoms with Gasteiger partial charge in [0.2, 0.25) is 11.8 Å². The molecule has 1 saturated carbocycles. The molecule has 14 nitrogen and oxygen atoms in total. The molecule has 9 unspecified atom stereocenters. The Kier molecular flexibility index (Phi) is 14.7. The van der Waals surface area contributed by atoms with Gasteiger partial charge in [0.1, 0.15) is 41.5 Å². The van der Waals surface area contributed by atoms with Crippen LogP contribution in [0.5, 0.6) is 0 Å². The molecule has 15 heteroatoms. The highest BCUT2D eigenvalue weighted by Crippen LogP contribution is 2.58. The van der Waals surface area contributed by atoms with Gasteiger partial charge in [0.05, 0.1) is 25.3 Å². The molecule has 0 aromatic heterocycles. The Balaban J connectivity index is 1.44. The number of hydrogen-bond acceptors (Lipinski definition) is 12. The van der Waals surface area contributed by atoms with Crippen molar-refractivity contribution in [2.75, 3.05) is 6.61 Å². The van der Waals surface area contributed by atoms with Crippen LogP contribution in [0.3, 0.4) is 0 Å². The molecule has 55 heavy (non-hydrogen) atoms. The van der Waals surface area contributed by atoms with Crippen molar-refractivity contribution in [2.45, 2.75) is 179 Å². The summed E-state index contributed by atoms with van der Waals surface area (Å²) in [7, 11) is 0. The molecule has 3 aliphatic heterocycles. The number of hydroxylamine groups is 2. The van der Waals surface area contributed by atoms with E-state index in [1.165, 1.54) is 12.0 Å². The van der Waals surface area contributed by atoms with Crippen LogP contribution in [0.1, 0.15) is 118 Å². The zero-order valence-electron chi connectivity index (χ0n) is 33.0. The minimum atomic E-state index is -1.57. The Labute approximate surface area is 338 Å². The molecule has 5 rings (SSSR count). The average Bonchev–Trinajstić information content (AvgIpc) is 3.67. The lowest BCUT2D eigenvalue weighted by Crippen LogP contribution is -2.71. The number of esters is 2. The number of amides is 2. The second-order valence-corrected chi connectivity index (χ2v) is 17.8. The molecule has 2 bridgehead atoms. The monoisotopic (exact) mass is 885 g/mol. The molecule has 3 heterocycles. The van der Waals surface area contributed by atoms with Crippen LogP contribution in [-0.4, -0.2) is 106 Å². The quantitative estimate of drug-likeness (QED) is 0.0885. The number of carbonyl (C=O) groups excluding carboxylic acids is 4. The molecule has 1 aromatic carbocycles. The van der Waals surface area contributed by atoms with Crippen LogP contribution in [0.4, 0.5) is 0 Å². The predicted octanol–water partition coefficient (Wildman–Crippen LogP) is 4.20. The second kappa shape index (κ2) is 18.5. The largest absolute Gasteiger partial charge is 0.460 e. The highest BCUT2D eigenvalue weighted by atomic mass is 127. The number of hydrogen-bond donors (Lipinski definition) is 4. The van der Waals surface area contributed by atoms with Gasteiger partial charge >= 0.3 is 11.9 Å². The minimum Gasteiger partial charge on any atom is -0.460 e. The molecule has 0 spiro atoms. The van der Waals surface area contributed by atoms with Crippen LogP contribution >= 0.6 is 22.6 Å². The summed E-state index contributed by atoms with van der Waals surface area (Å²) >= 11 is 2.22. The Morgan fingerprint density at radius 1 is 1.02 bits per heavy atom. The van der Waals surface area contributed by atoms with Crippen LogP contribution in [0.15, 0.2) is 24.3 Å². The van der Waals surface area contributed by atoms with Crippen LogP contribution in [-0.2, 0) is 49.5 Å².